The summed E-state index contributed by atoms with van der Waals surface area (Å²) in [6.07, 6.45) is 0. The normalized spacial score (nSPS) is 16.3. The van der Waals surface area contributed by atoms with Gasteiger partial charge in [-0.1, -0.05) is 103 Å². The molecular formula is C42H35N3O6S2. The van der Waals surface area contributed by atoms with Crippen molar-refractivity contribution < 1.29 is 26.4 Å². The Morgan fingerprint density at radius 3 is 1.98 bits per heavy atom. The fraction of sp³-hybridized carbons (Fsp3) is 0.119. The lowest BCUT2D eigenvalue weighted by molar-refractivity contribution is 0.102. The van der Waals surface area contributed by atoms with E-state index in [0.29, 0.717) is 33.8 Å². The number of rotatable bonds is 9. The Kier molecular flexibility index (Phi) is 8.76. The van der Waals surface area contributed by atoms with Crippen LogP contribution in [0, 0.1) is 6.92 Å². The highest BCUT2D eigenvalue weighted by atomic mass is 32.2. The molecule has 0 unspecified atom stereocenters. The molecule has 0 spiro atoms. The average molecular weight is 742 g/mol. The van der Waals surface area contributed by atoms with Gasteiger partial charge in [-0.05, 0) is 66.6 Å². The molecule has 0 radical (unpaired) electrons. The van der Waals surface area contributed by atoms with E-state index < -0.39 is 32.0 Å². The van der Waals surface area contributed by atoms with Gasteiger partial charge in [-0.3, -0.25) is 13.4 Å². The Bertz CT molecular complexity index is 2530. The van der Waals surface area contributed by atoms with Crippen LogP contribution >= 0.6 is 0 Å². The molecule has 266 valence electrons. The second kappa shape index (κ2) is 13.6. The van der Waals surface area contributed by atoms with Crippen LogP contribution in [0.3, 0.4) is 0 Å². The van der Waals surface area contributed by atoms with E-state index in [9.17, 15) is 21.6 Å². The number of nitrogens with one attached hydrogen (secondary N) is 1. The van der Waals surface area contributed by atoms with Gasteiger partial charge in [0.05, 0.1) is 32.9 Å². The smallest absolute Gasteiger partial charge is 0.264 e. The van der Waals surface area contributed by atoms with E-state index in [0.717, 1.165) is 11.1 Å². The number of hydrogen-bond donors (Lipinski definition) is 1. The lowest BCUT2D eigenvalue weighted by Crippen LogP contribution is -2.44. The molecule has 1 N–H and O–H groups in total. The fourth-order valence-electron chi connectivity index (χ4n) is 7.13. The first-order valence-corrected chi connectivity index (χ1v) is 20.0. The Morgan fingerprint density at radius 1 is 0.679 bits per heavy atom. The van der Waals surface area contributed by atoms with Crippen molar-refractivity contribution >= 4 is 43.0 Å². The number of nitrogens with zero attached hydrogens (tertiary/aromatic N) is 2. The van der Waals surface area contributed by atoms with Crippen molar-refractivity contribution in [3.8, 4) is 5.75 Å². The minimum absolute atomic E-state index is 0.0536. The third-order valence-corrected chi connectivity index (χ3v) is 13.3. The molecule has 2 aliphatic heterocycles. The van der Waals surface area contributed by atoms with Crippen molar-refractivity contribution in [1.29, 1.82) is 0 Å². The van der Waals surface area contributed by atoms with E-state index in [-0.39, 0.29) is 34.6 Å². The van der Waals surface area contributed by atoms with E-state index in [1.54, 1.807) is 115 Å². The fourth-order valence-corrected chi connectivity index (χ4v) is 10.3. The van der Waals surface area contributed by atoms with Gasteiger partial charge < -0.3 is 10.1 Å². The number of aryl methyl sites for hydroxylation is 1. The highest BCUT2D eigenvalue weighted by molar-refractivity contribution is 7.93. The number of sulfonamides is 2. The van der Waals surface area contributed by atoms with E-state index >= 15 is 0 Å². The number of carbonyl (C=O) groups excluding carboxylic acids is 1. The second-order valence-electron chi connectivity index (χ2n) is 13.1. The Hall–Kier alpha value is -5.91. The maximum absolute atomic E-state index is 14.8. The summed E-state index contributed by atoms with van der Waals surface area (Å²) in [7, 11) is -8.30. The van der Waals surface area contributed by atoms with Gasteiger partial charge in [0.2, 0.25) is 0 Å². The van der Waals surface area contributed by atoms with Gasteiger partial charge in [-0.2, -0.15) is 0 Å². The summed E-state index contributed by atoms with van der Waals surface area (Å²) in [6.45, 7) is 1.99. The lowest BCUT2D eigenvalue weighted by atomic mass is 9.86. The standard InChI is InChI=1S/C42H35N3O6S2/c1-29-21-23-33(24-22-29)52(47,48)44-27-36-35-25-37(43-42(46)31-15-7-3-8-16-31)40(51-28-30-13-5-2-6-14-30)26-39(35)45(41(36)34-19-11-12-20-38(34)44)53(49,50)32-17-9-4-10-18-32/h2-26,36,41H,27-28H2,1H3,(H,43,46)/t36-,41-/m1/s1. The number of amides is 1. The zero-order valence-electron chi connectivity index (χ0n) is 28.7. The van der Waals surface area contributed by atoms with E-state index in [4.69, 9.17) is 4.74 Å². The van der Waals surface area contributed by atoms with Crippen LogP contribution in [0.5, 0.6) is 5.75 Å². The topological polar surface area (TPSA) is 113 Å². The molecule has 2 aliphatic rings. The second-order valence-corrected chi connectivity index (χ2v) is 16.8. The number of carbonyl (C=O) groups is 1. The zero-order chi connectivity index (χ0) is 36.7. The van der Waals surface area contributed by atoms with Crippen molar-refractivity contribution in [2.75, 3.05) is 20.5 Å². The molecule has 0 aliphatic carbocycles. The number of para-hydroxylation sites is 1. The Labute approximate surface area is 309 Å². The van der Waals surface area contributed by atoms with Gasteiger partial charge in [0.25, 0.3) is 26.0 Å². The van der Waals surface area contributed by atoms with E-state index in [1.807, 2.05) is 43.3 Å². The summed E-state index contributed by atoms with van der Waals surface area (Å²) in [5.74, 6) is -0.772. The summed E-state index contributed by atoms with van der Waals surface area (Å²) in [4.78, 5) is 13.8. The Morgan fingerprint density at radius 2 is 1.28 bits per heavy atom. The minimum Gasteiger partial charge on any atom is -0.487 e. The van der Waals surface area contributed by atoms with Gasteiger partial charge in [-0.15, -0.1) is 0 Å². The zero-order valence-corrected chi connectivity index (χ0v) is 30.3. The first-order valence-electron chi connectivity index (χ1n) is 17.1. The van der Waals surface area contributed by atoms with Crippen molar-refractivity contribution in [3.63, 3.8) is 0 Å². The molecule has 0 fully saturated rings. The largest absolute Gasteiger partial charge is 0.487 e. The molecular weight excluding hydrogens is 707 g/mol. The maximum atomic E-state index is 14.8. The third-order valence-electron chi connectivity index (χ3n) is 9.72. The number of hydrogen-bond acceptors (Lipinski definition) is 6. The Balaban J connectivity index is 1.32. The van der Waals surface area contributed by atoms with Crippen LogP contribution in [0.4, 0.5) is 17.1 Å². The third kappa shape index (κ3) is 6.21. The van der Waals surface area contributed by atoms with Gasteiger partial charge in [0, 0.05) is 29.7 Å². The maximum Gasteiger partial charge on any atom is 0.264 e. The molecule has 6 aromatic carbocycles. The molecule has 0 aromatic heterocycles. The number of benzene rings is 6. The average Bonchev–Trinajstić information content (AvgIpc) is 3.52. The SMILES string of the molecule is Cc1ccc(S(=O)(=O)N2C[C@@H]3c4cc(NC(=O)c5ccccc5)c(OCc5ccccc5)cc4N(S(=O)(=O)c4ccccc4)[C@@H]3c3ccccc32)cc1. The molecule has 11 heteroatoms. The van der Waals surface area contributed by atoms with Crippen LogP contribution in [0.25, 0.3) is 0 Å². The lowest BCUT2D eigenvalue weighted by Gasteiger charge is -2.40. The van der Waals surface area contributed by atoms with Crippen LogP contribution < -0.4 is 18.7 Å². The van der Waals surface area contributed by atoms with E-state index in [2.05, 4.69) is 5.32 Å². The van der Waals surface area contributed by atoms with Crippen molar-refractivity contribution in [3.05, 3.63) is 179 Å². The summed E-state index contributed by atoms with van der Waals surface area (Å²) < 4.78 is 67.6. The molecule has 1 amide bonds. The molecule has 9 nitrogen and oxygen atoms in total. The highest BCUT2D eigenvalue weighted by Gasteiger charge is 2.51. The van der Waals surface area contributed by atoms with Gasteiger partial charge >= 0.3 is 0 Å². The summed E-state index contributed by atoms with van der Waals surface area (Å²) in [5.41, 5.74) is 4.39. The molecule has 6 aromatic rings. The van der Waals surface area contributed by atoms with E-state index in [1.165, 1.54) is 8.61 Å². The molecule has 0 bridgehead atoms. The quantitative estimate of drug-likeness (QED) is 0.160. The molecule has 0 saturated carbocycles. The predicted octanol–water partition coefficient (Wildman–Crippen LogP) is 8.07. The van der Waals surface area contributed by atoms with Crippen LogP contribution in [-0.2, 0) is 26.7 Å². The first-order chi connectivity index (χ1) is 25.6. The molecule has 53 heavy (non-hydrogen) atoms. The first kappa shape index (κ1) is 34.2. The van der Waals surface area contributed by atoms with Crippen LogP contribution in [-0.4, -0.2) is 29.3 Å². The summed E-state index contributed by atoms with van der Waals surface area (Å²) in [5, 5.41) is 3.00. The van der Waals surface area contributed by atoms with Crippen LogP contribution in [0.15, 0.2) is 161 Å². The number of fused-ring (bicyclic) bond motifs is 5. The molecule has 8 rings (SSSR count). The summed E-state index contributed by atoms with van der Waals surface area (Å²) in [6, 6.07) is 42.7. The van der Waals surface area contributed by atoms with Gasteiger partial charge in [-0.25, -0.2) is 16.8 Å². The summed E-state index contributed by atoms with van der Waals surface area (Å²) >= 11 is 0. The molecule has 0 saturated heterocycles. The molecule has 2 heterocycles. The van der Waals surface area contributed by atoms with Crippen molar-refractivity contribution in [2.45, 2.75) is 35.3 Å². The van der Waals surface area contributed by atoms with Gasteiger partial charge in [0.15, 0.2) is 0 Å². The number of ether oxygens (including phenoxy) is 1. The molecule has 2 atom stereocenters. The minimum atomic E-state index is -4.22. The van der Waals surface area contributed by atoms with Crippen LogP contribution in [0.2, 0.25) is 0 Å². The van der Waals surface area contributed by atoms with Crippen LogP contribution in [0.1, 0.15) is 44.6 Å². The van der Waals surface area contributed by atoms with Crippen molar-refractivity contribution in [1.82, 2.24) is 0 Å². The predicted molar refractivity (Wildman–Crippen MR) is 205 cm³/mol. The monoisotopic (exact) mass is 741 g/mol. The van der Waals surface area contributed by atoms with Gasteiger partial charge in [0.1, 0.15) is 12.4 Å². The highest BCUT2D eigenvalue weighted by Crippen LogP contribution is 2.58. The number of anilines is 3. The van der Waals surface area contributed by atoms with Crippen molar-refractivity contribution in [2.24, 2.45) is 0 Å².